The predicted molar refractivity (Wildman–Crippen MR) is 96.2 cm³/mol. The fourth-order valence-corrected chi connectivity index (χ4v) is 4.31. The van der Waals surface area contributed by atoms with E-state index in [2.05, 4.69) is 5.32 Å². The quantitative estimate of drug-likeness (QED) is 0.783. The molecule has 1 aromatic carbocycles. The lowest BCUT2D eigenvalue weighted by Crippen LogP contribution is -2.49. The van der Waals surface area contributed by atoms with E-state index in [4.69, 9.17) is 14.2 Å². The summed E-state index contributed by atoms with van der Waals surface area (Å²) >= 11 is 0. The van der Waals surface area contributed by atoms with Crippen molar-refractivity contribution in [2.24, 2.45) is 0 Å². The van der Waals surface area contributed by atoms with Crippen molar-refractivity contribution in [2.75, 3.05) is 36.9 Å². The molecule has 144 valence electrons. The van der Waals surface area contributed by atoms with Gasteiger partial charge in [0.15, 0.2) is 11.5 Å². The molecular formula is C17H24N2O6S. The summed E-state index contributed by atoms with van der Waals surface area (Å²) in [4.78, 5) is 12.5. The first-order valence-corrected chi connectivity index (χ1v) is 10.5. The number of anilines is 1. The van der Waals surface area contributed by atoms with Crippen LogP contribution in [-0.4, -0.2) is 59.1 Å². The molecule has 1 N–H and O–H groups in total. The van der Waals surface area contributed by atoms with Gasteiger partial charge < -0.3 is 19.5 Å². The highest BCUT2D eigenvalue weighted by molar-refractivity contribution is 7.92. The van der Waals surface area contributed by atoms with Gasteiger partial charge in [0, 0.05) is 19.2 Å². The molecule has 0 bridgehead atoms. The smallest absolute Gasteiger partial charge is 0.243 e. The van der Waals surface area contributed by atoms with Crippen molar-refractivity contribution in [3.05, 3.63) is 18.2 Å². The van der Waals surface area contributed by atoms with Crippen LogP contribution in [0.2, 0.25) is 0 Å². The second-order valence-electron chi connectivity index (χ2n) is 6.44. The van der Waals surface area contributed by atoms with Gasteiger partial charge in [-0.05, 0) is 31.9 Å². The van der Waals surface area contributed by atoms with Gasteiger partial charge in [0.2, 0.25) is 15.9 Å². The molecule has 1 fully saturated rings. The van der Waals surface area contributed by atoms with Crippen molar-refractivity contribution in [1.29, 1.82) is 0 Å². The largest absolute Gasteiger partial charge is 0.486 e. The van der Waals surface area contributed by atoms with E-state index in [0.717, 1.165) is 23.4 Å². The molecule has 0 radical (unpaired) electrons. The maximum absolute atomic E-state index is 12.5. The maximum atomic E-state index is 12.5. The van der Waals surface area contributed by atoms with Gasteiger partial charge in [-0.1, -0.05) is 0 Å². The molecule has 0 saturated carbocycles. The van der Waals surface area contributed by atoms with E-state index < -0.39 is 16.1 Å². The maximum Gasteiger partial charge on any atom is 0.243 e. The number of fused-ring (bicyclic) bond motifs is 1. The Morgan fingerprint density at radius 1 is 1.27 bits per heavy atom. The lowest BCUT2D eigenvalue weighted by molar-refractivity contribution is -0.122. The molecular weight excluding hydrogens is 360 g/mol. The molecule has 2 atom stereocenters. The van der Waals surface area contributed by atoms with Crippen molar-refractivity contribution in [2.45, 2.75) is 31.9 Å². The molecule has 1 aromatic rings. The molecule has 2 aliphatic heterocycles. The fraction of sp³-hybridized carbons (Fsp3) is 0.588. The number of amides is 1. The van der Waals surface area contributed by atoms with Crippen molar-refractivity contribution < 1.29 is 27.4 Å². The monoisotopic (exact) mass is 384 g/mol. The van der Waals surface area contributed by atoms with Gasteiger partial charge in [0.1, 0.15) is 19.3 Å². The van der Waals surface area contributed by atoms with E-state index in [-0.39, 0.29) is 12.0 Å². The molecule has 1 saturated heterocycles. The molecule has 0 aromatic heterocycles. The molecule has 2 heterocycles. The highest BCUT2D eigenvalue weighted by Gasteiger charge is 2.30. The number of nitrogens with one attached hydrogen (secondary N) is 1. The molecule has 2 aliphatic rings. The number of nitrogens with zero attached hydrogens (tertiary/aromatic N) is 1. The van der Waals surface area contributed by atoms with Crippen molar-refractivity contribution in [3.63, 3.8) is 0 Å². The normalized spacial score (nSPS) is 20.5. The molecule has 0 aliphatic carbocycles. The minimum absolute atomic E-state index is 0.00729. The van der Waals surface area contributed by atoms with Crippen LogP contribution in [0.1, 0.15) is 19.8 Å². The van der Waals surface area contributed by atoms with Crippen LogP contribution in [0, 0.1) is 0 Å². The van der Waals surface area contributed by atoms with Crippen LogP contribution in [0.4, 0.5) is 5.69 Å². The van der Waals surface area contributed by atoms with Crippen LogP contribution in [0.3, 0.4) is 0 Å². The van der Waals surface area contributed by atoms with Crippen molar-refractivity contribution in [3.8, 4) is 11.5 Å². The zero-order valence-electron chi connectivity index (χ0n) is 14.9. The Morgan fingerprint density at radius 2 is 2.00 bits per heavy atom. The van der Waals surface area contributed by atoms with Gasteiger partial charge in [0.25, 0.3) is 0 Å². The number of carbonyl (C=O) groups is 1. The van der Waals surface area contributed by atoms with Gasteiger partial charge in [-0.25, -0.2) is 8.42 Å². The Balaban J connectivity index is 1.78. The van der Waals surface area contributed by atoms with Gasteiger partial charge in [-0.15, -0.1) is 0 Å². The minimum Gasteiger partial charge on any atom is -0.486 e. The molecule has 26 heavy (non-hydrogen) atoms. The average Bonchev–Trinajstić information content (AvgIpc) is 3.12. The highest BCUT2D eigenvalue weighted by atomic mass is 32.2. The molecule has 0 spiro atoms. The Kier molecular flexibility index (Phi) is 5.57. The summed E-state index contributed by atoms with van der Waals surface area (Å²) in [5.41, 5.74) is 0.358. The van der Waals surface area contributed by atoms with E-state index >= 15 is 0 Å². The Hall–Kier alpha value is -2.00. The number of benzene rings is 1. The van der Waals surface area contributed by atoms with Crippen LogP contribution in [0.5, 0.6) is 11.5 Å². The number of sulfonamides is 1. The van der Waals surface area contributed by atoms with Gasteiger partial charge in [-0.2, -0.15) is 0 Å². The zero-order valence-corrected chi connectivity index (χ0v) is 15.8. The number of rotatable bonds is 6. The first-order chi connectivity index (χ1) is 12.4. The van der Waals surface area contributed by atoms with Crippen molar-refractivity contribution in [1.82, 2.24) is 5.32 Å². The molecule has 3 rings (SSSR count). The Morgan fingerprint density at radius 3 is 2.65 bits per heavy atom. The third-order valence-electron chi connectivity index (χ3n) is 4.40. The van der Waals surface area contributed by atoms with E-state index in [0.29, 0.717) is 43.6 Å². The third-order valence-corrected chi connectivity index (χ3v) is 5.64. The highest BCUT2D eigenvalue weighted by Crippen LogP contribution is 2.35. The second kappa shape index (κ2) is 7.71. The number of hydrogen-bond donors (Lipinski definition) is 1. The summed E-state index contributed by atoms with van der Waals surface area (Å²) in [6.07, 6.45) is 2.94. The lowest BCUT2D eigenvalue weighted by Gasteiger charge is -2.29. The van der Waals surface area contributed by atoms with Crippen molar-refractivity contribution >= 4 is 21.6 Å². The topological polar surface area (TPSA) is 94.2 Å². The number of ether oxygens (including phenoxy) is 3. The molecule has 9 heteroatoms. The summed E-state index contributed by atoms with van der Waals surface area (Å²) in [7, 11) is -3.68. The van der Waals surface area contributed by atoms with E-state index in [1.54, 1.807) is 25.1 Å². The summed E-state index contributed by atoms with van der Waals surface area (Å²) in [5, 5.41) is 2.78. The number of hydrogen-bond acceptors (Lipinski definition) is 6. The van der Waals surface area contributed by atoms with E-state index in [1.165, 1.54) is 0 Å². The van der Waals surface area contributed by atoms with E-state index in [1.807, 2.05) is 0 Å². The van der Waals surface area contributed by atoms with E-state index in [9.17, 15) is 13.2 Å². The second-order valence-corrected chi connectivity index (χ2v) is 8.30. The van der Waals surface area contributed by atoms with Crippen LogP contribution >= 0.6 is 0 Å². The molecule has 0 unspecified atom stereocenters. The van der Waals surface area contributed by atoms with Gasteiger partial charge in [-0.3, -0.25) is 9.10 Å². The Labute approximate surface area is 153 Å². The van der Waals surface area contributed by atoms with Crippen LogP contribution < -0.4 is 19.1 Å². The SMILES string of the molecule is C[C@@H](C(=O)NC[C@@H]1CCCO1)N(c1ccc2c(c1)OCCO2)S(C)(=O)=O. The first-order valence-electron chi connectivity index (χ1n) is 8.64. The lowest BCUT2D eigenvalue weighted by atomic mass is 10.2. The number of carbonyl (C=O) groups excluding carboxylic acids is 1. The van der Waals surface area contributed by atoms with Gasteiger partial charge in [0.05, 0.1) is 18.0 Å². The summed E-state index contributed by atoms with van der Waals surface area (Å²) < 4.78 is 42.3. The minimum atomic E-state index is -3.68. The van der Waals surface area contributed by atoms with Gasteiger partial charge >= 0.3 is 0 Å². The summed E-state index contributed by atoms with van der Waals surface area (Å²) in [6, 6.07) is 3.94. The van der Waals surface area contributed by atoms with Crippen LogP contribution in [0.15, 0.2) is 18.2 Å². The molecule has 1 amide bonds. The summed E-state index contributed by atoms with van der Waals surface area (Å²) in [6.45, 7) is 3.48. The fourth-order valence-electron chi connectivity index (χ4n) is 3.15. The zero-order chi connectivity index (χ0) is 18.7. The van der Waals surface area contributed by atoms with Crippen LogP contribution in [-0.2, 0) is 19.6 Å². The predicted octanol–water partition coefficient (Wildman–Crippen LogP) is 0.907. The summed E-state index contributed by atoms with van der Waals surface area (Å²) in [5.74, 6) is 0.652. The Bertz CT molecular complexity index is 761. The standard InChI is InChI=1S/C17H24N2O6S/c1-12(17(20)18-11-14-4-3-7-23-14)19(26(2,21)22)13-5-6-15-16(10-13)25-9-8-24-15/h5-6,10,12,14H,3-4,7-9,11H2,1-2H3,(H,18,20)/t12-,14-/m0/s1. The average molecular weight is 384 g/mol. The first kappa shape index (κ1) is 18.8. The van der Waals surface area contributed by atoms with Crippen LogP contribution in [0.25, 0.3) is 0 Å². The molecule has 8 nitrogen and oxygen atoms in total. The third kappa shape index (κ3) is 4.21.